The van der Waals surface area contributed by atoms with E-state index in [-0.39, 0.29) is 24.5 Å². The van der Waals surface area contributed by atoms with Crippen molar-refractivity contribution in [1.82, 2.24) is 0 Å². The fourth-order valence-electron chi connectivity index (χ4n) is 4.18. The van der Waals surface area contributed by atoms with Crippen LogP contribution >= 0.6 is 0 Å². The van der Waals surface area contributed by atoms with Gasteiger partial charge in [-0.2, -0.15) is 0 Å². The Hall–Kier alpha value is -1.85. The van der Waals surface area contributed by atoms with Gasteiger partial charge in [-0.25, -0.2) is 4.79 Å². The molecule has 5 nitrogen and oxygen atoms in total. The van der Waals surface area contributed by atoms with Crippen molar-refractivity contribution in [1.29, 1.82) is 0 Å². The van der Waals surface area contributed by atoms with E-state index in [9.17, 15) is 4.79 Å². The Kier molecular flexibility index (Phi) is 4.06. The summed E-state index contributed by atoms with van der Waals surface area (Å²) >= 11 is 0. The summed E-state index contributed by atoms with van der Waals surface area (Å²) in [7, 11) is 1.38. The Balaban J connectivity index is 1.56. The van der Waals surface area contributed by atoms with Gasteiger partial charge < -0.3 is 18.9 Å². The molecule has 5 atom stereocenters. The average Bonchev–Trinajstić information content (AvgIpc) is 3.10. The van der Waals surface area contributed by atoms with E-state index < -0.39 is 0 Å². The van der Waals surface area contributed by atoms with Crippen LogP contribution in [0, 0.1) is 5.92 Å². The van der Waals surface area contributed by atoms with E-state index in [0.29, 0.717) is 18.3 Å². The molecule has 24 heavy (non-hydrogen) atoms. The van der Waals surface area contributed by atoms with Crippen molar-refractivity contribution in [3.05, 3.63) is 41.5 Å². The first-order valence-corrected chi connectivity index (χ1v) is 8.47. The lowest BCUT2D eigenvalue weighted by molar-refractivity contribution is -0.221. The summed E-state index contributed by atoms with van der Waals surface area (Å²) in [6.07, 6.45) is 5.09. The fraction of sp³-hybridized carbons (Fsp3) is 0.526. The maximum atomic E-state index is 11.2. The van der Waals surface area contributed by atoms with E-state index in [1.807, 2.05) is 13.0 Å². The summed E-state index contributed by atoms with van der Waals surface area (Å²) in [5, 5.41) is 0. The number of allylic oxidation sites excluding steroid dienone is 1. The number of para-hydroxylation sites is 1. The maximum Gasteiger partial charge on any atom is 0.330 e. The summed E-state index contributed by atoms with van der Waals surface area (Å²) in [6, 6.07) is 6.26. The lowest BCUT2D eigenvalue weighted by Gasteiger charge is -2.32. The van der Waals surface area contributed by atoms with Crippen molar-refractivity contribution in [2.24, 2.45) is 5.92 Å². The molecule has 0 radical (unpaired) electrons. The molecule has 1 aromatic carbocycles. The molecule has 2 aliphatic heterocycles. The van der Waals surface area contributed by atoms with Gasteiger partial charge in [-0.3, -0.25) is 0 Å². The van der Waals surface area contributed by atoms with Crippen molar-refractivity contribution in [3.8, 4) is 5.75 Å². The Labute approximate surface area is 141 Å². The third-order valence-electron chi connectivity index (χ3n) is 5.24. The van der Waals surface area contributed by atoms with Gasteiger partial charge in [-0.15, -0.1) is 0 Å². The zero-order valence-electron chi connectivity index (χ0n) is 13.9. The Morgan fingerprint density at radius 1 is 1.38 bits per heavy atom. The van der Waals surface area contributed by atoms with Crippen molar-refractivity contribution >= 4 is 5.97 Å². The summed E-state index contributed by atoms with van der Waals surface area (Å²) in [6.45, 7) is 2.67. The molecule has 1 aromatic rings. The second kappa shape index (κ2) is 6.22. The van der Waals surface area contributed by atoms with E-state index in [2.05, 4.69) is 22.9 Å². The predicted octanol–water partition coefficient (Wildman–Crippen LogP) is 2.58. The van der Waals surface area contributed by atoms with Crippen molar-refractivity contribution in [2.45, 2.75) is 44.2 Å². The maximum absolute atomic E-state index is 11.2. The van der Waals surface area contributed by atoms with Crippen molar-refractivity contribution in [2.75, 3.05) is 13.7 Å². The van der Waals surface area contributed by atoms with E-state index >= 15 is 0 Å². The monoisotopic (exact) mass is 330 g/mol. The van der Waals surface area contributed by atoms with Gasteiger partial charge in [-0.05, 0) is 18.9 Å². The number of ether oxygens (including phenoxy) is 4. The van der Waals surface area contributed by atoms with E-state index in [1.165, 1.54) is 18.7 Å². The van der Waals surface area contributed by atoms with Crippen molar-refractivity contribution in [3.63, 3.8) is 0 Å². The SMILES string of the molecule is COC(=O)/C=C/Cc1cccc2c1O[C@H]1C[C@H]3OC(C)OC[C@@H]3[C@@H]21. The smallest absolute Gasteiger partial charge is 0.330 e. The number of benzene rings is 1. The zero-order chi connectivity index (χ0) is 16.7. The normalized spacial score (nSPS) is 33.7. The second-order valence-corrected chi connectivity index (χ2v) is 6.62. The zero-order valence-corrected chi connectivity index (χ0v) is 13.9. The van der Waals surface area contributed by atoms with Gasteiger partial charge in [0.2, 0.25) is 0 Å². The molecular weight excluding hydrogens is 308 g/mol. The molecule has 1 aliphatic carbocycles. The molecule has 0 aromatic heterocycles. The van der Waals surface area contributed by atoms with Crippen LogP contribution in [0.15, 0.2) is 30.4 Å². The third-order valence-corrected chi connectivity index (χ3v) is 5.24. The summed E-state index contributed by atoms with van der Waals surface area (Å²) in [4.78, 5) is 11.2. The first kappa shape index (κ1) is 15.7. The molecule has 0 bridgehead atoms. The summed E-state index contributed by atoms with van der Waals surface area (Å²) < 4.78 is 22.6. The highest BCUT2D eigenvalue weighted by atomic mass is 16.7. The van der Waals surface area contributed by atoms with Crippen LogP contribution < -0.4 is 4.74 Å². The number of methoxy groups -OCH3 is 1. The molecule has 0 amide bonds. The minimum absolute atomic E-state index is 0.126. The Morgan fingerprint density at radius 2 is 2.25 bits per heavy atom. The number of hydrogen-bond acceptors (Lipinski definition) is 5. The predicted molar refractivity (Wildman–Crippen MR) is 86.9 cm³/mol. The Bertz CT molecular complexity index is 668. The van der Waals surface area contributed by atoms with Gasteiger partial charge in [-0.1, -0.05) is 24.3 Å². The standard InChI is InChI=1S/C19H22O5/c1-11-22-10-14-15(23-11)9-16-18(14)13-7-3-5-12(19(13)24-16)6-4-8-17(20)21-2/h3-5,7-8,11,14-16,18H,6,9-10H2,1-2H3/b8-4+/t11?,14-,15+,16-,18+/m0/s1. The average molecular weight is 330 g/mol. The largest absolute Gasteiger partial charge is 0.489 e. The van der Waals surface area contributed by atoms with Gasteiger partial charge in [0.15, 0.2) is 6.29 Å². The van der Waals surface area contributed by atoms with Gasteiger partial charge in [0.1, 0.15) is 11.9 Å². The van der Waals surface area contributed by atoms with Crippen LogP contribution in [0.3, 0.4) is 0 Å². The Morgan fingerprint density at radius 3 is 3.08 bits per heavy atom. The van der Waals surface area contributed by atoms with Gasteiger partial charge >= 0.3 is 5.97 Å². The molecule has 1 saturated carbocycles. The first-order chi connectivity index (χ1) is 11.7. The van der Waals surface area contributed by atoms with Crippen LogP contribution in [-0.4, -0.2) is 38.2 Å². The number of esters is 1. The number of carbonyl (C=O) groups excluding carboxylic acids is 1. The van der Waals surface area contributed by atoms with Gasteiger partial charge in [0.05, 0.1) is 19.8 Å². The number of rotatable bonds is 3. The molecule has 0 N–H and O–H groups in total. The molecule has 2 heterocycles. The molecule has 3 aliphatic rings. The van der Waals surface area contributed by atoms with Crippen LogP contribution in [0.5, 0.6) is 5.75 Å². The molecule has 4 rings (SSSR count). The van der Waals surface area contributed by atoms with Crippen LogP contribution in [0.2, 0.25) is 0 Å². The van der Waals surface area contributed by atoms with E-state index in [0.717, 1.165) is 24.3 Å². The fourth-order valence-corrected chi connectivity index (χ4v) is 4.18. The van der Waals surface area contributed by atoms with E-state index in [1.54, 1.807) is 0 Å². The van der Waals surface area contributed by atoms with E-state index in [4.69, 9.17) is 14.2 Å². The highest BCUT2D eigenvalue weighted by Crippen LogP contribution is 2.53. The van der Waals surface area contributed by atoms with Crippen LogP contribution in [-0.2, 0) is 25.4 Å². The van der Waals surface area contributed by atoms with Gasteiger partial charge in [0, 0.05) is 29.9 Å². The van der Waals surface area contributed by atoms with Crippen LogP contribution in [0.1, 0.15) is 30.4 Å². The lowest BCUT2D eigenvalue weighted by Crippen LogP contribution is -2.37. The number of fused-ring (bicyclic) bond motifs is 5. The van der Waals surface area contributed by atoms with Crippen LogP contribution in [0.4, 0.5) is 0 Å². The molecular formula is C19H22O5. The highest BCUT2D eigenvalue weighted by Gasteiger charge is 2.52. The quantitative estimate of drug-likeness (QED) is 0.630. The highest BCUT2D eigenvalue weighted by molar-refractivity contribution is 5.81. The molecule has 5 heteroatoms. The molecule has 2 fully saturated rings. The number of carbonyl (C=O) groups is 1. The number of hydrogen-bond donors (Lipinski definition) is 0. The van der Waals surface area contributed by atoms with Crippen LogP contribution in [0.25, 0.3) is 0 Å². The second-order valence-electron chi connectivity index (χ2n) is 6.62. The summed E-state index contributed by atoms with van der Waals surface area (Å²) in [5.41, 5.74) is 2.35. The summed E-state index contributed by atoms with van der Waals surface area (Å²) in [5.74, 6) is 1.32. The molecule has 1 saturated heterocycles. The molecule has 0 spiro atoms. The first-order valence-electron chi connectivity index (χ1n) is 8.47. The topological polar surface area (TPSA) is 54.0 Å². The molecule has 1 unspecified atom stereocenters. The van der Waals surface area contributed by atoms with Crippen molar-refractivity contribution < 1.29 is 23.7 Å². The molecule has 128 valence electrons. The minimum Gasteiger partial charge on any atom is -0.489 e. The minimum atomic E-state index is -0.339. The van der Waals surface area contributed by atoms with Gasteiger partial charge in [0.25, 0.3) is 0 Å². The lowest BCUT2D eigenvalue weighted by atomic mass is 9.87. The third kappa shape index (κ3) is 2.62.